The number of amides is 1. The van der Waals surface area contributed by atoms with E-state index in [1.807, 2.05) is 37.3 Å². The second-order valence-electron chi connectivity index (χ2n) is 5.29. The van der Waals surface area contributed by atoms with Gasteiger partial charge in [-0.3, -0.25) is 4.79 Å². The van der Waals surface area contributed by atoms with Crippen LogP contribution in [0.4, 0.5) is 0 Å². The Bertz CT molecular complexity index is 751. The third-order valence-corrected chi connectivity index (χ3v) is 4.50. The van der Waals surface area contributed by atoms with Crippen molar-refractivity contribution in [3.63, 3.8) is 0 Å². The van der Waals surface area contributed by atoms with Crippen molar-refractivity contribution in [3.8, 4) is 11.5 Å². The third-order valence-electron chi connectivity index (χ3n) is 3.24. The predicted molar refractivity (Wildman–Crippen MR) is 107 cm³/mol. The van der Waals surface area contributed by atoms with Crippen LogP contribution in [0.25, 0.3) is 0 Å². The Balaban J connectivity index is 1.84. The summed E-state index contributed by atoms with van der Waals surface area (Å²) in [7, 11) is 1.59. The van der Waals surface area contributed by atoms with Crippen LogP contribution >= 0.6 is 23.4 Å². The molecule has 138 valence electrons. The number of thioether (sulfide) groups is 1. The Hall–Kier alpha value is -2.18. The van der Waals surface area contributed by atoms with Crippen molar-refractivity contribution in [1.29, 1.82) is 0 Å². The molecule has 0 heterocycles. The first kappa shape index (κ1) is 20.1. The highest BCUT2D eigenvalue weighted by Gasteiger charge is 2.05. The van der Waals surface area contributed by atoms with E-state index in [-0.39, 0.29) is 11.7 Å². The standard InChI is InChI=1S/C19H21ClN2O3S/c1-3-10-25-17-9-4-14(11-18(17)24-2)12-21-22-19(23)13-26-16-7-5-15(20)6-8-16/h4-9,11-12H,3,10,13H2,1-2H3,(H,22,23)/b21-12+. The fraction of sp³-hybridized carbons (Fsp3) is 0.263. The van der Waals surface area contributed by atoms with E-state index in [1.54, 1.807) is 25.5 Å². The minimum absolute atomic E-state index is 0.184. The summed E-state index contributed by atoms with van der Waals surface area (Å²) >= 11 is 7.25. The molecule has 0 aliphatic heterocycles. The van der Waals surface area contributed by atoms with Crippen LogP contribution in [0.3, 0.4) is 0 Å². The molecule has 0 atom stereocenters. The van der Waals surface area contributed by atoms with Crippen LogP contribution in [0.2, 0.25) is 5.02 Å². The zero-order valence-electron chi connectivity index (χ0n) is 14.7. The zero-order chi connectivity index (χ0) is 18.8. The smallest absolute Gasteiger partial charge is 0.250 e. The molecule has 0 unspecified atom stereocenters. The highest BCUT2D eigenvalue weighted by atomic mass is 35.5. The summed E-state index contributed by atoms with van der Waals surface area (Å²) < 4.78 is 10.9. The molecule has 0 saturated heterocycles. The number of hydrogen-bond donors (Lipinski definition) is 1. The molecule has 1 N–H and O–H groups in total. The Morgan fingerprint density at radius 2 is 2.00 bits per heavy atom. The number of nitrogens with one attached hydrogen (secondary N) is 1. The van der Waals surface area contributed by atoms with Crippen molar-refractivity contribution in [3.05, 3.63) is 53.1 Å². The van der Waals surface area contributed by atoms with Gasteiger partial charge in [0.15, 0.2) is 11.5 Å². The molecule has 0 saturated carbocycles. The molecular weight excluding hydrogens is 372 g/mol. The lowest BCUT2D eigenvalue weighted by Gasteiger charge is -2.10. The van der Waals surface area contributed by atoms with Crippen molar-refractivity contribution in [1.82, 2.24) is 5.43 Å². The maximum Gasteiger partial charge on any atom is 0.250 e. The van der Waals surface area contributed by atoms with E-state index in [4.69, 9.17) is 21.1 Å². The van der Waals surface area contributed by atoms with E-state index in [0.717, 1.165) is 16.9 Å². The van der Waals surface area contributed by atoms with Crippen LogP contribution in [0, 0.1) is 0 Å². The molecular formula is C19H21ClN2O3S. The number of benzene rings is 2. The topological polar surface area (TPSA) is 59.9 Å². The van der Waals surface area contributed by atoms with E-state index >= 15 is 0 Å². The van der Waals surface area contributed by atoms with Gasteiger partial charge in [-0.2, -0.15) is 5.10 Å². The van der Waals surface area contributed by atoms with Crippen molar-refractivity contribution in [2.45, 2.75) is 18.2 Å². The number of hydrazone groups is 1. The SMILES string of the molecule is CCCOc1ccc(/C=N/NC(=O)CSc2ccc(Cl)cc2)cc1OC. The molecule has 0 bridgehead atoms. The first-order valence-corrected chi connectivity index (χ1v) is 9.50. The normalized spacial score (nSPS) is 10.7. The molecule has 0 aromatic heterocycles. The molecule has 0 radical (unpaired) electrons. The van der Waals surface area contributed by atoms with Crippen molar-refractivity contribution in [2.75, 3.05) is 19.5 Å². The number of hydrogen-bond acceptors (Lipinski definition) is 5. The molecule has 0 aliphatic rings. The fourth-order valence-corrected chi connectivity index (χ4v) is 2.80. The summed E-state index contributed by atoms with van der Waals surface area (Å²) in [5.41, 5.74) is 3.31. The average Bonchev–Trinajstić information content (AvgIpc) is 2.66. The van der Waals surface area contributed by atoms with Crippen LogP contribution in [-0.4, -0.2) is 31.6 Å². The Kier molecular flexibility index (Phi) is 8.31. The molecule has 7 heteroatoms. The summed E-state index contributed by atoms with van der Waals surface area (Å²) in [5.74, 6) is 1.41. The van der Waals surface area contributed by atoms with Crippen molar-refractivity contribution in [2.24, 2.45) is 5.10 Å². The third kappa shape index (κ3) is 6.61. The number of carbonyl (C=O) groups is 1. The van der Waals surface area contributed by atoms with E-state index in [1.165, 1.54) is 11.8 Å². The van der Waals surface area contributed by atoms with Gasteiger partial charge in [0.2, 0.25) is 5.91 Å². The second-order valence-corrected chi connectivity index (χ2v) is 6.78. The molecule has 2 aromatic carbocycles. The van der Waals surface area contributed by atoms with Crippen LogP contribution in [0.1, 0.15) is 18.9 Å². The van der Waals surface area contributed by atoms with Crippen molar-refractivity contribution >= 4 is 35.5 Å². The van der Waals surface area contributed by atoms with E-state index in [9.17, 15) is 4.79 Å². The van der Waals surface area contributed by atoms with Gasteiger partial charge in [0.1, 0.15) is 0 Å². The number of ether oxygens (including phenoxy) is 2. The molecule has 26 heavy (non-hydrogen) atoms. The van der Waals surface area contributed by atoms with Gasteiger partial charge in [0.05, 0.1) is 25.7 Å². The van der Waals surface area contributed by atoms with Crippen LogP contribution in [0.5, 0.6) is 11.5 Å². The lowest BCUT2D eigenvalue weighted by atomic mass is 10.2. The van der Waals surface area contributed by atoms with Gasteiger partial charge in [-0.05, 0) is 54.4 Å². The molecule has 5 nitrogen and oxygen atoms in total. The van der Waals surface area contributed by atoms with Crippen molar-refractivity contribution < 1.29 is 14.3 Å². The number of rotatable bonds is 9. The van der Waals surface area contributed by atoms with Gasteiger partial charge in [0, 0.05) is 9.92 Å². The highest BCUT2D eigenvalue weighted by Crippen LogP contribution is 2.27. The van der Waals surface area contributed by atoms with E-state index in [0.29, 0.717) is 23.1 Å². The fourth-order valence-electron chi connectivity index (χ4n) is 1.99. The van der Waals surface area contributed by atoms with E-state index in [2.05, 4.69) is 10.5 Å². The predicted octanol–water partition coefficient (Wildman–Crippen LogP) is 4.38. The van der Waals surface area contributed by atoms with Crippen LogP contribution < -0.4 is 14.9 Å². The quantitative estimate of drug-likeness (QED) is 0.391. The Labute approximate surface area is 162 Å². The molecule has 1 amide bonds. The Morgan fingerprint density at radius 3 is 2.69 bits per heavy atom. The largest absolute Gasteiger partial charge is 0.493 e. The summed E-state index contributed by atoms with van der Waals surface area (Å²) in [6, 6.07) is 12.8. The Morgan fingerprint density at radius 1 is 1.23 bits per heavy atom. The zero-order valence-corrected chi connectivity index (χ0v) is 16.3. The number of methoxy groups -OCH3 is 1. The van der Waals surface area contributed by atoms with Crippen LogP contribution in [0.15, 0.2) is 52.5 Å². The van der Waals surface area contributed by atoms with Crippen LogP contribution in [-0.2, 0) is 4.79 Å². The average molecular weight is 393 g/mol. The molecule has 2 aromatic rings. The van der Waals surface area contributed by atoms with Gasteiger partial charge in [-0.1, -0.05) is 18.5 Å². The first-order chi connectivity index (χ1) is 12.6. The second kappa shape index (κ2) is 10.7. The molecule has 0 fully saturated rings. The molecule has 2 rings (SSSR count). The monoisotopic (exact) mass is 392 g/mol. The minimum Gasteiger partial charge on any atom is -0.493 e. The maximum absolute atomic E-state index is 11.9. The number of carbonyl (C=O) groups excluding carboxylic acids is 1. The van der Waals surface area contributed by atoms with Gasteiger partial charge in [-0.25, -0.2) is 5.43 Å². The highest BCUT2D eigenvalue weighted by molar-refractivity contribution is 8.00. The lowest BCUT2D eigenvalue weighted by molar-refractivity contribution is -0.118. The summed E-state index contributed by atoms with van der Waals surface area (Å²) in [5, 5.41) is 4.65. The van der Waals surface area contributed by atoms with E-state index < -0.39 is 0 Å². The summed E-state index contributed by atoms with van der Waals surface area (Å²) in [4.78, 5) is 12.8. The van der Waals surface area contributed by atoms with Gasteiger partial charge >= 0.3 is 0 Å². The lowest BCUT2D eigenvalue weighted by Crippen LogP contribution is -2.19. The summed E-state index contributed by atoms with van der Waals surface area (Å²) in [6.45, 7) is 2.67. The van der Waals surface area contributed by atoms with Gasteiger partial charge < -0.3 is 9.47 Å². The van der Waals surface area contributed by atoms with Gasteiger partial charge in [-0.15, -0.1) is 11.8 Å². The minimum atomic E-state index is -0.184. The summed E-state index contributed by atoms with van der Waals surface area (Å²) in [6.07, 6.45) is 2.49. The number of halogens is 1. The maximum atomic E-state index is 11.9. The first-order valence-electron chi connectivity index (χ1n) is 8.13. The van der Waals surface area contributed by atoms with Gasteiger partial charge in [0.25, 0.3) is 0 Å². The number of nitrogens with zero attached hydrogens (tertiary/aromatic N) is 1. The molecule has 0 aliphatic carbocycles. The molecule has 0 spiro atoms.